The molecule has 2 bridgehead atoms. The van der Waals surface area contributed by atoms with Crippen LogP contribution in [-0.2, 0) is 14.3 Å². The van der Waals surface area contributed by atoms with Crippen LogP contribution in [0.4, 0.5) is 0 Å². The molecule has 2 saturated carbocycles. The Hall–Kier alpha value is -2.35. The summed E-state index contributed by atoms with van der Waals surface area (Å²) in [7, 11) is 0. The number of rotatable bonds is 6. The van der Waals surface area contributed by atoms with E-state index >= 15 is 0 Å². The number of hydrogen-bond acceptors (Lipinski definition) is 7. The van der Waals surface area contributed by atoms with Gasteiger partial charge < -0.3 is 24.1 Å². The lowest BCUT2D eigenvalue weighted by atomic mass is 9.40. The molecule has 5 rings (SSSR count). The van der Waals surface area contributed by atoms with Gasteiger partial charge in [0.15, 0.2) is 0 Å². The number of carbonyl (C=O) groups is 2. The van der Waals surface area contributed by atoms with Gasteiger partial charge in [0.2, 0.25) is 0 Å². The quantitative estimate of drug-likeness (QED) is 0.449. The van der Waals surface area contributed by atoms with Crippen LogP contribution < -0.4 is 0 Å². The first-order chi connectivity index (χ1) is 16.8. The first-order valence-electron chi connectivity index (χ1n) is 12.2. The third-order valence-electron chi connectivity index (χ3n) is 8.98. The van der Waals surface area contributed by atoms with E-state index in [9.17, 15) is 19.8 Å². The maximum absolute atomic E-state index is 13.7. The molecule has 1 aromatic heterocycles. The van der Waals surface area contributed by atoms with Gasteiger partial charge in [0.1, 0.15) is 12.7 Å². The Kier molecular flexibility index (Phi) is 6.22. The van der Waals surface area contributed by atoms with Gasteiger partial charge >= 0.3 is 11.9 Å². The summed E-state index contributed by atoms with van der Waals surface area (Å²) in [5.74, 6) is -1.59. The predicted molar refractivity (Wildman–Crippen MR) is 127 cm³/mol. The van der Waals surface area contributed by atoms with Crippen molar-refractivity contribution in [3.8, 4) is 0 Å². The molecule has 2 aliphatic carbocycles. The average Bonchev–Trinajstić information content (AvgIpc) is 3.40. The summed E-state index contributed by atoms with van der Waals surface area (Å²) >= 11 is 6.31. The Labute approximate surface area is 209 Å². The van der Waals surface area contributed by atoms with Crippen molar-refractivity contribution in [1.29, 1.82) is 0 Å². The Balaban J connectivity index is 1.57. The van der Waals surface area contributed by atoms with E-state index in [-0.39, 0.29) is 36.7 Å². The van der Waals surface area contributed by atoms with Gasteiger partial charge in [0, 0.05) is 12.0 Å². The van der Waals surface area contributed by atoms with Gasteiger partial charge in [0.25, 0.3) is 0 Å². The third-order valence-corrected chi connectivity index (χ3v) is 9.43. The highest BCUT2D eigenvalue weighted by Crippen LogP contribution is 2.68. The van der Waals surface area contributed by atoms with Crippen LogP contribution in [-0.4, -0.2) is 46.3 Å². The van der Waals surface area contributed by atoms with E-state index in [4.69, 9.17) is 25.5 Å². The van der Waals surface area contributed by atoms with E-state index in [1.807, 2.05) is 13.0 Å². The Morgan fingerprint density at radius 2 is 2.06 bits per heavy atom. The number of benzene rings is 1. The van der Waals surface area contributed by atoms with Gasteiger partial charge in [-0.2, -0.15) is 0 Å². The minimum absolute atomic E-state index is 0.0588. The van der Waals surface area contributed by atoms with Crippen LogP contribution >= 0.6 is 11.6 Å². The predicted octanol–water partition coefficient (Wildman–Crippen LogP) is 4.27. The van der Waals surface area contributed by atoms with E-state index in [0.717, 1.165) is 0 Å². The van der Waals surface area contributed by atoms with E-state index in [1.54, 1.807) is 30.3 Å². The first-order valence-corrected chi connectivity index (χ1v) is 12.7. The lowest BCUT2D eigenvalue weighted by molar-refractivity contribution is -0.294. The van der Waals surface area contributed by atoms with E-state index in [2.05, 4.69) is 0 Å². The number of ether oxygens (including phenoxy) is 2. The number of furan rings is 1. The highest BCUT2D eigenvalue weighted by atomic mass is 35.5. The van der Waals surface area contributed by atoms with Gasteiger partial charge in [-0.3, -0.25) is 4.79 Å². The van der Waals surface area contributed by atoms with Crippen LogP contribution in [0.3, 0.4) is 0 Å². The fourth-order valence-corrected chi connectivity index (χ4v) is 7.53. The number of aliphatic hydroxyl groups is 2. The third kappa shape index (κ3) is 3.54. The second-order valence-electron chi connectivity index (χ2n) is 10.4. The van der Waals surface area contributed by atoms with Crippen LogP contribution in [0.25, 0.3) is 0 Å². The molecule has 35 heavy (non-hydrogen) atoms. The van der Waals surface area contributed by atoms with E-state index in [1.165, 1.54) is 12.5 Å². The molecule has 1 aromatic carbocycles. The summed E-state index contributed by atoms with van der Waals surface area (Å²) in [6.07, 6.45) is 3.57. The van der Waals surface area contributed by atoms with Crippen molar-refractivity contribution in [1.82, 2.24) is 0 Å². The van der Waals surface area contributed by atoms with Gasteiger partial charge in [-0.1, -0.05) is 31.5 Å². The Bertz CT molecular complexity index is 1070. The van der Waals surface area contributed by atoms with Crippen LogP contribution in [0, 0.1) is 22.7 Å². The Morgan fingerprint density at radius 3 is 2.74 bits per heavy atom. The van der Waals surface area contributed by atoms with Gasteiger partial charge in [-0.25, -0.2) is 4.79 Å². The minimum Gasteiger partial charge on any atom is -0.472 e. The number of cyclic esters (lactones) is 1. The summed E-state index contributed by atoms with van der Waals surface area (Å²) in [5.41, 5.74) is -2.47. The molecular weight excluding hydrogens is 472 g/mol. The molecule has 3 fully saturated rings. The number of hydrogen-bond donors (Lipinski definition) is 2. The lowest BCUT2D eigenvalue weighted by Crippen LogP contribution is -2.75. The maximum atomic E-state index is 13.7. The second-order valence-corrected chi connectivity index (χ2v) is 10.7. The normalized spacial score (nSPS) is 37.1. The number of aliphatic hydroxyl groups excluding tert-OH is 1. The van der Waals surface area contributed by atoms with Crippen molar-refractivity contribution in [2.75, 3.05) is 12.5 Å². The summed E-state index contributed by atoms with van der Waals surface area (Å²) < 4.78 is 17.1. The SMILES string of the molecule is C[C@@H]1C[C@H](O)[C@]23COC(=O)[C@@]1(C[C@H](OC(=O)c1ccccc1)c1ccoc1)[C@H]2CCC[C@]3(O)CCl. The lowest BCUT2D eigenvalue weighted by Gasteiger charge is -2.67. The minimum atomic E-state index is -1.37. The maximum Gasteiger partial charge on any atom is 0.338 e. The summed E-state index contributed by atoms with van der Waals surface area (Å²) in [5, 5.41) is 23.0. The number of carbonyl (C=O) groups excluding carboxylic acids is 2. The zero-order valence-corrected chi connectivity index (χ0v) is 20.4. The van der Waals surface area contributed by atoms with Gasteiger partial charge in [-0.05, 0) is 49.3 Å². The molecule has 8 heteroatoms. The van der Waals surface area contributed by atoms with Crippen LogP contribution in [0.1, 0.15) is 61.1 Å². The summed E-state index contributed by atoms with van der Waals surface area (Å²) in [6.45, 7) is 1.86. The van der Waals surface area contributed by atoms with E-state index < -0.39 is 34.6 Å². The van der Waals surface area contributed by atoms with Crippen LogP contribution in [0.15, 0.2) is 53.3 Å². The number of esters is 2. The summed E-state index contributed by atoms with van der Waals surface area (Å²) in [4.78, 5) is 26.7. The standard InChI is InChI=1S/C27H31ClO7/c1-17-12-22(29)27-16-34-24(31)26(17,21(27)8-5-10-25(27,32)15-28)13-20(19-9-11-33-14-19)35-23(30)18-6-3-2-4-7-18/h2-4,6-7,9,11,14,17,20-22,29,32H,5,8,10,12-13,15-16H2,1H3/t17-,20+,21-,22+,25+,26-,27+/m1/s1. The average molecular weight is 503 g/mol. The highest BCUT2D eigenvalue weighted by molar-refractivity contribution is 6.18. The topological polar surface area (TPSA) is 106 Å². The highest BCUT2D eigenvalue weighted by Gasteiger charge is 2.74. The first kappa shape index (κ1) is 24.3. The molecule has 0 spiro atoms. The van der Waals surface area contributed by atoms with Crippen molar-refractivity contribution >= 4 is 23.5 Å². The fourth-order valence-electron chi connectivity index (χ4n) is 7.15. The van der Waals surface area contributed by atoms with Crippen molar-refractivity contribution in [2.24, 2.45) is 22.7 Å². The van der Waals surface area contributed by atoms with Crippen molar-refractivity contribution < 1.29 is 33.7 Å². The van der Waals surface area contributed by atoms with Crippen LogP contribution in [0.5, 0.6) is 0 Å². The molecule has 7 atom stereocenters. The number of alkyl halides is 1. The zero-order chi connectivity index (χ0) is 24.8. The van der Waals surface area contributed by atoms with Crippen LogP contribution in [0.2, 0.25) is 0 Å². The monoisotopic (exact) mass is 502 g/mol. The molecule has 0 unspecified atom stereocenters. The smallest absolute Gasteiger partial charge is 0.338 e. The largest absolute Gasteiger partial charge is 0.472 e. The summed E-state index contributed by atoms with van der Waals surface area (Å²) in [6, 6.07) is 10.4. The molecule has 2 N–H and O–H groups in total. The molecule has 0 radical (unpaired) electrons. The van der Waals surface area contributed by atoms with Crippen molar-refractivity contribution in [3.63, 3.8) is 0 Å². The van der Waals surface area contributed by atoms with E-state index in [0.29, 0.717) is 36.8 Å². The molecule has 1 saturated heterocycles. The second kappa shape index (κ2) is 8.95. The van der Waals surface area contributed by atoms with Gasteiger partial charge in [-0.15, -0.1) is 11.6 Å². The molecule has 7 nitrogen and oxygen atoms in total. The van der Waals surface area contributed by atoms with Crippen molar-refractivity contribution in [2.45, 2.75) is 56.8 Å². The molecule has 1 aliphatic heterocycles. The molecular formula is C27H31ClO7. The fraction of sp³-hybridized carbons (Fsp3) is 0.556. The van der Waals surface area contributed by atoms with Gasteiger partial charge in [0.05, 0.1) is 46.5 Å². The molecule has 0 amide bonds. The van der Waals surface area contributed by atoms with Crippen molar-refractivity contribution in [3.05, 3.63) is 60.1 Å². The zero-order valence-electron chi connectivity index (χ0n) is 19.7. The molecule has 2 heterocycles. The number of halogens is 1. The molecule has 3 aliphatic rings. The molecule has 188 valence electrons. The Morgan fingerprint density at radius 1 is 1.29 bits per heavy atom. The molecule has 2 aromatic rings.